The summed E-state index contributed by atoms with van der Waals surface area (Å²) in [6.45, 7) is 6.02. The number of esters is 1. The molecule has 2 aromatic rings. The zero-order chi connectivity index (χ0) is 23.2. The Hall–Kier alpha value is -2.42. The van der Waals surface area contributed by atoms with Crippen molar-refractivity contribution in [1.82, 2.24) is 0 Å². The highest BCUT2D eigenvalue weighted by Crippen LogP contribution is 2.48. The largest absolute Gasteiger partial charge is 0.423 e. The summed E-state index contributed by atoms with van der Waals surface area (Å²) in [5.74, 6) is 2.41. The number of benzene rings is 2. The fourth-order valence-electron chi connectivity index (χ4n) is 6.08. The average molecular weight is 449 g/mol. The molecular weight excluding hydrogens is 411 g/mol. The Balaban J connectivity index is 1.36. The van der Waals surface area contributed by atoms with E-state index in [-0.39, 0.29) is 17.3 Å². The number of allylic oxidation sites excluding steroid dienone is 1. The van der Waals surface area contributed by atoms with Gasteiger partial charge in [0.2, 0.25) is 0 Å². The van der Waals surface area contributed by atoms with Crippen molar-refractivity contribution >= 4 is 5.97 Å². The first-order valence-electron chi connectivity index (χ1n) is 12.8. The van der Waals surface area contributed by atoms with Crippen LogP contribution in [0.15, 0.2) is 55.1 Å². The molecular formula is C30H37FO2. The van der Waals surface area contributed by atoms with Gasteiger partial charge in [-0.15, -0.1) is 6.58 Å². The third-order valence-electron chi connectivity index (χ3n) is 7.87. The fourth-order valence-corrected chi connectivity index (χ4v) is 6.08. The molecule has 3 heteroatoms. The molecule has 0 aliphatic heterocycles. The molecule has 2 aliphatic rings. The van der Waals surface area contributed by atoms with Gasteiger partial charge in [0.1, 0.15) is 11.6 Å². The van der Waals surface area contributed by atoms with Crippen LogP contribution in [-0.2, 0) is 6.42 Å². The fraction of sp³-hybridized carbons (Fsp3) is 0.500. The van der Waals surface area contributed by atoms with Gasteiger partial charge in [0, 0.05) is 0 Å². The number of halogens is 1. The topological polar surface area (TPSA) is 26.3 Å². The Morgan fingerprint density at radius 3 is 2.55 bits per heavy atom. The summed E-state index contributed by atoms with van der Waals surface area (Å²) >= 11 is 0. The molecule has 4 atom stereocenters. The minimum atomic E-state index is -0.516. The number of ether oxygens (including phenoxy) is 1. The third-order valence-corrected chi connectivity index (χ3v) is 7.87. The van der Waals surface area contributed by atoms with E-state index in [0.29, 0.717) is 5.75 Å². The molecule has 0 aromatic heterocycles. The van der Waals surface area contributed by atoms with Gasteiger partial charge in [-0.3, -0.25) is 0 Å². The van der Waals surface area contributed by atoms with E-state index in [9.17, 15) is 4.79 Å². The van der Waals surface area contributed by atoms with Gasteiger partial charge >= 0.3 is 5.97 Å². The van der Waals surface area contributed by atoms with E-state index >= 15 is 4.39 Å². The first-order chi connectivity index (χ1) is 16.1. The maximum atomic E-state index is 15.1. The van der Waals surface area contributed by atoms with E-state index < -0.39 is 5.97 Å². The van der Waals surface area contributed by atoms with Gasteiger partial charge in [-0.05, 0) is 104 Å². The number of carbonyl (C=O) groups excluding carboxylic acids is 1. The van der Waals surface area contributed by atoms with Crippen LogP contribution in [-0.4, -0.2) is 5.97 Å². The number of fused-ring (bicyclic) bond motifs is 1. The monoisotopic (exact) mass is 448 g/mol. The van der Waals surface area contributed by atoms with Crippen LogP contribution in [0.25, 0.3) is 0 Å². The summed E-state index contributed by atoms with van der Waals surface area (Å²) in [7, 11) is 0. The smallest absolute Gasteiger partial charge is 0.343 e. The van der Waals surface area contributed by atoms with E-state index in [1.807, 2.05) is 24.3 Å². The number of rotatable bonds is 8. The molecule has 0 N–H and O–H groups in total. The second-order valence-electron chi connectivity index (χ2n) is 10.1. The van der Waals surface area contributed by atoms with Crippen LogP contribution < -0.4 is 4.74 Å². The van der Waals surface area contributed by atoms with Gasteiger partial charge in [0.15, 0.2) is 0 Å². The third kappa shape index (κ3) is 5.93. The van der Waals surface area contributed by atoms with E-state index in [4.69, 9.17) is 4.74 Å². The van der Waals surface area contributed by atoms with Crippen molar-refractivity contribution in [3.8, 4) is 5.75 Å². The SMILES string of the molecule is C=CCCc1ccc(OC(=O)c2ccc(C3CC[C@H]4C[C@@H](CCC)CC[C@@H]4C3)c(F)c2)cc1. The lowest BCUT2D eigenvalue weighted by Gasteiger charge is -2.42. The highest BCUT2D eigenvalue weighted by Gasteiger charge is 2.36. The van der Waals surface area contributed by atoms with E-state index in [0.717, 1.165) is 49.0 Å². The number of carbonyl (C=O) groups is 1. The van der Waals surface area contributed by atoms with Gasteiger partial charge in [0.25, 0.3) is 0 Å². The predicted molar refractivity (Wildman–Crippen MR) is 132 cm³/mol. The Bertz CT molecular complexity index is 948. The van der Waals surface area contributed by atoms with Crippen molar-refractivity contribution in [2.45, 2.75) is 77.0 Å². The maximum Gasteiger partial charge on any atom is 0.343 e. The van der Waals surface area contributed by atoms with Crippen LogP contribution in [0.3, 0.4) is 0 Å². The molecule has 0 spiro atoms. The summed E-state index contributed by atoms with van der Waals surface area (Å²) in [6.07, 6.45) is 13.7. The van der Waals surface area contributed by atoms with Crippen LogP contribution in [0, 0.1) is 23.6 Å². The molecule has 2 aromatic carbocycles. The lowest BCUT2D eigenvalue weighted by atomic mass is 9.63. The number of hydrogen-bond donors (Lipinski definition) is 0. The lowest BCUT2D eigenvalue weighted by molar-refractivity contribution is 0.0734. The Morgan fingerprint density at radius 1 is 1.06 bits per heavy atom. The number of aryl methyl sites for hydroxylation is 1. The number of hydrogen-bond acceptors (Lipinski definition) is 2. The van der Waals surface area contributed by atoms with Crippen molar-refractivity contribution in [3.05, 3.63) is 77.6 Å². The van der Waals surface area contributed by atoms with Crippen molar-refractivity contribution in [2.75, 3.05) is 0 Å². The Labute approximate surface area is 198 Å². The van der Waals surface area contributed by atoms with Crippen LogP contribution in [0.1, 0.15) is 92.1 Å². The summed E-state index contributed by atoms with van der Waals surface area (Å²) in [4.78, 5) is 12.6. The van der Waals surface area contributed by atoms with E-state index in [2.05, 4.69) is 13.5 Å². The highest BCUT2D eigenvalue weighted by atomic mass is 19.1. The molecule has 176 valence electrons. The quantitative estimate of drug-likeness (QED) is 0.231. The van der Waals surface area contributed by atoms with Crippen molar-refractivity contribution < 1.29 is 13.9 Å². The van der Waals surface area contributed by atoms with Crippen molar-refractivity contribution in [1.29, 1.82) is 0 Å². The first-order valence-corrected chi connectivity index (χ1v) is 12.8. The Kier molecular flexibility index (Phi) is 8.01. The summed E-state index contributed by atoms with van der Waals surface area (Å²) in [5, 5.41) is 0. The molecule has 1 unspecified atom stereocenters. The summed E-state index contributed by atoms with van der Waals surface area (Å²) in [6, 6.07) is 12.4. The zero-order valence-corrected chi connectivity index (χ0v) is 19.9. The van der Waals surface area contributed by atoms with Crippen LogP contribution in [0.2, 0.25) is 0 Å². The molecule has 2 fully saturated rings. The second kappa shape index (κ2) is 11.1. The van der Waals surface area contributed by atoms with Crippen molar-refractivity contribution in [3.63, 3.8) is 0 Å². The maximum absolute atomic E-state index is 15.1. The Morgan fingerprint density at radius 2 is 1.82 bits per heavy atom. The second-order valence-corrected chi connectivity index (χ2v) is 10.1. The van der Waals surface area contributed by atoms with E-state index in [1.54, 1.807) is 18.2 Å². The molecule has 2 aliphatic carbocycles. The van der Waals surface area contributed by atoms with Crippen molar-refractivity contribution in [2.24, 2.45) is 17.8 Å². The van der Waals surface area contributed by atoms with Gasteiger partial charge < -0.3 is 4.74 Å². The molecule has 2 nitrogen and oxygen atoms in total. The minimum absolute atomic E-state index is 0.265. The molecule has 0 heterocycles. The molecule has 2 saturated carbocycles. The zero-order valence-electron chi connectivity index (χ0n) is 19.9. The van der Waals surface area contributed by atoms with Gasteiger partial charge in [0.05, 0.1) is 5.56 Å². The first kappa shape index (κ1) is 23.7. The van der Waals surface area contributed by atoms with Crippen LogP contribution in [0.4, 0.5) is 4.39 Å². The molecule has 0 amide bonds. The standard InChI is InChI=1S/C30H37FO2/c1-3-5-7-21-9-15-27(16-10-21)33-30(32)26-14-17-28(29(31)20-26)25-13-12-23-18-22(6-4-2)8-11-24(23)19-25/h3,9-10,14-17,20,22-25H,1,4-8,11-13,18-19H2,2H3/t22-,23-,24+,25?/m0/s1. The highest BCUT2D eigenvalue weighted by molar-refractivity contribution is 5.91. The van der Waals surface area contributed by atoms with Gasteiger partial charge in [-0.25, -0.2) is 9.18 Å². The molecule has 0 saturated heterocycles. The molecule has 4 rings (SSSR count). The molecule has 0 radical (unpaired) electrons. The lowest BCUT2D eigenvalue weighted by Crippen LogP contribution is -2.30. The van der Waals surface area contributed by atoms with E-state index in [1.165, 1.54) is 50.2 Å². The van der Waals surface area contributed by atoms with Crippen LogP contribution in [0.5, 0.6) is 5.75 Å². The van der Waals surface area contributed by atoms with Gasteiger partial charge in [-0.2, -0.15) is 0 Å². The average Bonchev–Trinajstić information content (AvgIpc) is 2.83. The molecule has 33 heavy (non-hydrogen) atoms. The summed E-state index contributed by atoms with van der Waals surface area (Å²) < 4.78 is 20.6. The minimum Gasteiger partial charge on any atom is -0.423 e. The summed E-state index contributed by atoms with van der Waals surface area (Å²) in [5.41, 5.74) is 2.20. The predicted octanol–water partition coefficient (Wildman–Crippen LogP) is 8.26. The van der Waals surface area contributed by atoms with Crippen LogP contribution >= 0.6 is 0 Å². The molecule has 0 bridgehead atoms. The van der Waals surface area contributed by atoms with Gasteiger partial charge in [-0.1, -0.05) is 50.5 Å². The normalized spacial score (nSPS) is 24.7.